The van der Waals surface area contributed by atoms with Crippen molar-refractivity contribution >= 4 is 5.91 Å². The maximum absolute atomic E-state index is 14.6. The number of hydrogen-bond acceptors (Lipinski definition) is 4. The van der Waals surface area contributed by atoms with Crippen molar-refractivity contribution in [3.8, 4) is 11.3 Å². The number of nitrogens with zero attached hydrogens (tertiary/aromatic N) is 3. The average molecular weight is 481 g/mol. The molecule has 1 amide bonds. The van der Waals surface area contributed by atoms with Crippen LogP contribution >= 0.6 is 0 Å². The van der Waals surface area contributed by atoms with E-state index in [2.05, 4.69) is 43.5 Å². The van der Waals surface area contributed by atoms with E-state index in [0.717, 1.165) is 22.6 Å². The number of carbonyl (C=O) groups is 1. The highest BCUT2D eigenvalue weighted by Crippen LogP contribution is 2.31. The number of ether oxygens (including phenoxy) is 1. The molecule has 0 aliphatic rings. The minimum Gasteiger partial charge on any atom is -0.375 e. The number of carbonyl (C=O) groups excluding carboxylic acids is 1. The number of aromatic nitrogens is 2. The number of imidazole rings is 1. The van der Waals surface area contributed by atoms with Gasteiger partial charge in [0, 0.05) is 32.0 Å². The first-order chi connectivity index (χ1) is 16.8. The monoisotopic (exact) mass is 480 g/mol. The molecule has 6 nitrogen and oxygen atoms in total. The van der Waals surface area contributed by atoms with Crippen molar-refractivity contribution in [3.05, 3.63) is 77.7 Å². The third-order valence-corrected chi connectivity index (χ3v) is 5.92. The molecule has 0 aliphatic heterocycles. The summed E-state index contributed by atoms with van der Waals surface area (Å²) in [5.74, 6) is 0.700. The van der Waals surface area contributed by atoms with Crippen molar-refractivity contribution < 1.29 is 13.9 Å². The minimum atomic E-state index is -1.33. The molecule has 0 unspecified atom stereocenters. The fraction of sp³-hybridized carbons (Fsp3) is 0.429. The molecule has 2 aromatic carbocycles. The maximum Gasteiger partial charge on any atom is 0.249 e. The first-order valence-corrected chi connectivity index (χ1v) is 12.1. The van der Waals surface area contributed by atoms with E-state index in [1.165, 1.54) is 12.7 Å². The van der Waals surface area contributed by atoms with Crippen LogP contribution < -0.4 is 5.73 Å². The van der Waals surface area contributed by atoms with Crippen LogP contribution in [0.3, 0.4) is 0 Å². The van der Waals surface area contributed by atoms with E-state index in [1.54, 1.807) is 4.90 Å². The van der Waals surface area contributed by atoms with Crippen LogP contribution in [0, 0.1) is 12.8 Å². The summed E-state index contributed by atoms with van der Waals surface area (Å²) in [4.78, 5) is 19.7. The summed E-state index contributed by atoms with van der Waals surface area (Å²) in [5.41, 5.74) is 9.70. The summed E-state index contributed by atoms with van der Waals surface area (Å²) in [6, 6.07) is 17.8. The second kappa shape index (κ2) is 12.6. The summed E-state index contributed by atoms with van der Waals surface area (Å²) in [6.45, 7) is 6.45. The van der Waals surface area contributed by atoms with Crippen LogP contribution in [0.1, 0.15) is 43.3 Å². The van der Waals surface area contributed by atoms with Gasteiger partial charge in [0.2, 0.25) is 5.91 Å². The third kappa shape index (κ3) is 7.23. The van der Waals surface area contributed by atoms with Crippen molar-refractivity contribution in [2.24, 2.45) is 11.7 Å². The zero-order valence-corrected chi connectivity index (χ0v) is 21.2. The van der Waals surface area contributed by atoms with Gasteiger partial charge in [0.25, 0.3) is 0 Å². The topological polar surface area (TPSA) is 73.4 Å². The molecule has 2 N–H and O–H groups in total. The zero-order chi connectivity index (χ0) is 25.4. The molecule has 2 atom stereocenters. The van der Waals surface area contributed by atoms with Crippen molar-refractivity contribution in [2.75, 3.05) is 26.8 Å². The fourth-order valence-corrected chi connectivity index (χ4v) is 4.29. The number of alkyl halides is 1. The second-order valence-electron chi connectivity index (χ2n) is 9.42. The molecule has 0 fully saturated rings. The third-order valence-electron chi connectivity index (χ3n) is 5.92. The molecule has 0 saturated heterocycles. The first kappa shape index (κ1) is 26.6. The normalized spacial score (nSPS) is 13.1. The van der Waals surface area contributed by atoms with E-state index in [0.29, 0.717) is 13.0 Å². The van der Waals surface area contributed by atoms with Crippen molar-refractivity contribution in [1.29, 1.82) is 0 Å². The molecule has 7 heteroatoms. The van der Waals surface area contributed by atoms with Crippen LogP contribution in [-0.2, 0) is 16.1 Å². The number of hydrogen-bond donors (Lipinski definition) is 1. The standard InChI is InChI=1S/C28H37FN4O2/c1-20(2)13-26(33(17-24(29)15-30)27(34)19-35-4)28-31-25(23-11-6-5-7-12-23)18-32(28)16-22-10-8-9-21(3)14-22/h5-12,14,18,20,24,26H,13,15-17,19,30H2,1-4H3/t24-,26-/m1/s1. The molecule has 0 spiro atoms. The summed E-state index contributed by atoms with van der Waals surface area (Å²) in [7, 11) is 1.47. The molecule has 3 aromatic rings. The molecule has 1 heterocycles. The van der Waals surface area contributed by atoms with Crippen LogP contribution in [0.4, 0.5) is 4.39 Å². The lowest BCUT2D eigenvalue weighted by molar-refractivity contribution is -0.139. The molecule has 1 aromatic heterocycles. The van der Waals surface area contributed by atoms with Gasteiger partial charge in [-0.2, -0.15) is 0 Å². The van der Waals surface area contributed by atoms with E-state index in [4.69, 9.17) is 15.5 Å². The van der Waals surface area contributed by atoms with Crippen molar-refractivity contribution in [2.45, 2.75) is 46.0 Å². The molecular formula is C28H37FN4O2. The number of nitrogens with two attached hydrogens (primary N) is 1. The molecule has 188 valence electrons. The largest absolute Gasteiger partial charge is 0.375 e. The SMILES string of the molecule is COCC(=O)N(C[C@H](F)CN)[C@H](CC(C)C)c1nc(-c2ccccc2)cn1Cc1cccc(C)c1. The fourth-order valence-electron chi connectivity index (χ4n) is 4.29. The van der Waals surface area contributed by atoms with Gasteiger partial charge in [-0.3, -0.25) is 4.79 Å². The Kier molecular flexibility index (Phi) is 9.57. The zero-order valence-electron chi connectivity index (χ0n) is 21.2. The van der Waals surface area contributed by atoms with Gasteiger partial charge >= 0.3 is 0 Å². The Bertz CT molecular complexity index is 1080. The van der Waals surface area contributed by atoms with Crippen molar-refractivity contribution in [1.82, 2.24) is 14.5 Å². The van der Waals surface area contributed by atoms with Crippen molar-refractivity contribution in [3.63, 3.8) is 0 Å². The number of benzene rings is 2. The summed E-state index contributed by atoms with van der Waals surface area (Å²) in [6.07, 6.45) is 1.32. The van der Waals surface area contributed by atoms with E-state index in [9.17, 15) is 9.18 Å². The van der Waals surface area contributed by atoms with Crippen LogP contribution in [0.5, 0.6) is 0 Å². The van der Waals surface area contributed by atoms with Crippen LogP contribution in [0.25, 0.3) is 11.3 Å². The van der Waals surface area contributed by atoms with E-state index in [-0.39, 0.29) is 31.5 Å². The van der Waals surface area contributed by atoms with Gasteiger partial charge < -0.3 is 19.9 Å². The van der Waals surface area contributed by atoms with Gasteiger partial charge in [-0.25, -0.2) is 9.37 Å². The van der Waals surface area contributed by atoms with E-state index in [1.807, 2.05) is 42.6 Å². The summed E-state index contributed by atoms with van der Waals surface area (Å²) in [5, 5.41) is 0. The first-order valence-electron chi connectivity index (χ1n) is 12.1. The number of rotatable bonds is 12. The summed E-state index contributed by atoms with van der Waals surface area (Å²) < 4.78 is 21.8. The number of halogens is 1. The molecule has 3 rings (SSSR count). The van der Waals surface area contributed by atoms with Gasteiger partial charge in [0.05, 0.1) is 18.3 Å². The van der Waals surface area contributed by atoms with Gasteiger partial charge in [-0.1, -0.05) is 74.0 Å². The average Bonchev–Trinajstić information content (AvgIpc) is 3.25. The second-order valence-corrected chi connectivity index (χ2v) is 9.42. The van der Waals surface area contributed by atoms with Gasteiger partial charge in [-0.05, 0) is 24.8 Å². The van der Waals surface area contributed by atoms with Gasteiger partial charge in [-0.15, -0.1) is 0 Å². The Hall–Kier alpha value is -3.03. The van der Waals surface area contributed by atoms with Gasteiger partial charge in [0.15, 0.2) is 0 Å². The van der Waals surface area contributed by atoms with E-state index >= 15 is 0 Å². The van der Waals surface area contributed by atoms with Crippen LogP contribution in [0.2, 0.25) is 0 Å². The Morgan fingerprint density at radius 1 is 1.17 bits per heavy atom. The molecule has 35 heavy (non-hydrogen) atoms. The molecular weight excluding hydrogens is 443 g/mol. The Balaban J connectivity index is 2.13. The van der Waals surface area contributed by atoms with E-state index < -0.39 is 12.2 Å². The molecule has 0 saturated carbocycles. The minimum absolute atomic E-state index is 0.103. The smallest absolute Gasteiger partial charge is 0.249 e. The quantitative estimate of drug-likeness (QED) is 0.405. The lowest BCUT2D eigenvalue weighted by atomic mass is 10.0. The lowest BCUT2D eigenvalue weighted by Crippen LogP contribution is -2.44. The summed E-state index contributed by atoms with van der Waals surface area (Å²) >= 11 is 0. The highest BCUT2D eigenvalue weighted by Gasteiger charge is 2.32. The maximum atomic E-state index is 14.6. The number of methoxy groups -OCH3 is 1. The van der Waals surface area contributed by atoms with Gasteiger partial charge in [0.1, 0.15) is 18.6 Å². The lowest BCUT2D eigenvalue weighted by Gasteiger charge is -2.33. The molecule has 0 bridgehead atoms. The van der Waals surface area contributed by atoms with Crippen LogP contribution in [-0.4, -0.2) is 53.3 Å². The predicted octanol–water partition coefficient (Wildman–Crippen LogP) is 4.77. The Morgan fingerprint density at radius 3 is 2.54 bits per heavy atom. The molecule has 0 radical (unpaired) electrons. The highest BCUT2D eigenvalue weighted by atomic mass is 19.1. The Labute approximate surface area is 207 Å². The van der Waals surface area contributed by atoms with Crippen LogP contribution in [0.15, 0.2) is 60.8 Å². The highest BCUT2D eigenvalue weighted by molar-refractivity contribution is 5.78. The molecule has 0 aliphatic carbocycles. The Morgan fingerprint density at radius 2 is 1.91 bits per heavy atom. The number of aryl methyl sites for hydroxylation is 1. The number of amides is 1. The predicted molar refractivity (Wildman–Crippen MR) is 138 cm³/mol.